The molecule has 0 aliphatic heterocycles. The van der Waals surface area contributed by atoms with Crippen LogP contribution in [0.5, 0.6) is 0 Å². The van der Waals surface area contributed by atoms with Crippen molar-refractivity contribution in [3.63, 3.8) is 0 Å². The van der Waals surface area contributed by atoms with Crippen molar-refractivity contribution < 1.29 is 8.42 Å². The van der Waals surface area contributed by atoms with Crippen molar-refractivity contribution in [1.82, 2.24) is 5.32 Å². The zero-order chi connectivity index (χ0) is 15.0. The zero-order valence-corrected chi connectivity index (χ0v) is 13.7. The summed E-state index contributed by atoms with van der Waals surface area (Å²) in [6.07, 6.45) is 2.66. The molecule has 1 unspecified atom stereocenters. The molecule has 1 rings (SSSR count). The highest BCUT2D eigenvalue weighted by Crippen LogP contribution is 2.19. The molecule has 0 radical (unpaired) electrons. The standard InChI is InChI=1S/C16H27NO2S/c1-4-12-17-16(7-6-13-20(18,19)5-2)15-10-8-14(3)9-11-15/h8-11,16-17H,4-7,12-13H2,1-3H3. The molecule has 20 heavy (non-hydrogen) atoms. The molecule has 0 aliphatic rings. The van der Waals surface area contributed by atoms with Crippen LogP contribution in [0.1, 0.15) is 50.3 Å². The monoisotopic (exact) mass is 297 g/mol. The molecule has 0 amide bonds. The summed E-state index contributed by atoms with van der Waals surface area (Å²) >= 11 is 0. The second-order valence-corrected chi connectivity index (χ2v) is 7.77. The van der Waals surface area contributed by atoms with Gasteiger partial charge in [-0.05, 0) is 38.3 Å². The third-order valence-corrected chi connectivity index (χ3v) is 5.30. The predicted molar refractivity (Wildman–Crippen MR) is 85.8 cm³/mol. The number of rotatable bonds is 9. The Morgan fingerprint density at radius 1 is 1.15 bits per heavy atom. The first-order valence-electron chi connectivity index (χ1n) is 7.49. The molecule has 1 aromatic carbocycles. The van der Waals surface area contributed by atoms with E-state index in [-0.39, 0.29) is 11.8 Å². The first-order valence-corrected chi connectivity index (χ1v) is 9.31. The zero-order valence-electron chi connectivity index (χ0n) is 12.9. The van der Waals surface area contributed by atoms with E-state index in [1.54, 1.807) is 6.92 Å². The van der Waals surface area contributed by atoms with Crippen LogP contribution in [0, 0.1) is 6.92 Å². The average Bonchev–Trinajstić information content (AvgIpc) is 2.43. The second kappa shape index (κ2) is 8.42. The van der Waals surface area contributed by atoms with Crippen molar-refractivity contribution >= 4 is 9.84 Å². The fraction of sp³-hybridized carbons (Fsp3) is 0.625. The van der Waals surface area contributed by atoms with E-state index < -0.39 is 9.84 Å². The summed E-state index contributed by atoms with van der Waals surface area (Å²) in [5.41, 5.74) is 2.49. The molecule has 1 N–H and O–H groups in total. The van der Waals surface area contributed by atoms with Crippen molar-refractivity contribution in [2.75, 3.05) is 18.1 Å². The molecule has 114 valence electrons. The van der Waals surface area contributed by atoms with Crippen LogP contribution in [-0.4, -0.2) is 26.5 Å². The lowest BCUT2D eigenvalue weighted by Crippen LogP contribution is -2.23. The summed E-state index contributed by atoms with van der Waals surface area (Å²) in [7, 11) is -2.85. The number of hydrogen-bond acceptors (Lipinski definition) is 3. The van der Waals surface area contributed by atoms with Gasteiger partial charge in [-0.2, -0.15) is 0 Å². The first-order chi connectivity index (χ1) is 9.48. The lowest BCUT2D eigenvalue weighted by atomic mass is 10.0. The van der Waals surface area contributed by atoms with Gasteiger partial charge >= 0.3 is 0 Å². The number of aryl methyl sites for hydroxylation is 1. The van der Waals surface area contributed by atoms with Crippen LogP contribution in [-0.2, 0) is 9.84 Å². The molecular weight excluding hydrogens is 270 g/mol. The Hall–Kier alpha value is -0.870. The SMILES string of the molecule is CCCNC(CCCS(=O)(=O)CC)c1ccc(C)cc1. The highest BCUT2D eigenvalue weighted by atomic mass is 32.2. The Morgan fingerprint density at radius 3 is 2.35 bits per heavy atom. The molecule has 0 saturated carbocycles. The normalized spacial score (nSPS) is 13.3. The highest BCUT2D eigenvalue weighted by molar-refractivity contribution is 7.91. The number of nitrogens with one attached hydrogen (secondary N) is 1. The molecule has 1 atom stereocenters. The Balaban J connectivity index is 2.62. The van der Waals surface area contributed by atoms with Gasteiger partial charge in [0.05, 0.1) is 5.75 Å². The van der Waals surface area contributed by atoms with E-state index in [4.69, 9.17) is 0 Å². The van der Waals surface area contributed by atoms with Crippen molar-refractivity contribution in [3.8, 4) is 0 Å². The maximum absolute atomic E-state index is 11.6. The van der Waals surface area contributed by atoms with Crippen molar-refractivity contribution in [2.45, 2.75) is 46.1 Å². The average molecular weight is 297 g/mol. The van der Waals surface area contributed by atoms with Crippen molar-refractivity contribution in [2.24, 2.45) is 0 Å². The van der Waals surface area contributed by atoms with Gasteiger partial charge in [0.2, 0.25) is 0 Å². The molecular formula is C16H27NO2S. The first kappa shape index (κ1) is 17.2. The van der Waals surface area contributed by atoms with Gasteiger partial charge in [0.25, 0.3) is 0 Å². The van der Waals surface area contributed by atoms with Crippen LogP contribution in [0.2, 0.25) is 0 Å². The van der Waals surface area contributed by atoms with E-state index in [9.17, 15) is 8.42 Å². The van der Waals surface area contributed by atoms with Crippen LogP contribution in [0.25, 0.3) is 0 Å². The molecule has 3 nitrogen and oxygen atoms in total. The molecule has 0 bridgehead atoms. The van der Waals surface area contributed by atoms with Crippen LogP contribution < -0.4 is 5.32 Å². The van der Waals surface area contributed by atoms with Gasteiger partial charge in [0, 0.05) is 11.8 Å². The van der Waals surface area contributed by atoms with Crippen LogP contribution >= 0.6 is 0 Å². The summed E-state index contributed by atoms with van der Waals surface area (Å²) < 4.78 is 23.1. The molecule has 0 saturated heterocycles. The predicted octanol–water partition coefficient (Wildman–Crippen LogP) is 3.25. The largest absolute Gasteiger partial charge is 0.310 e. The van der Waals surface area contributed by atoms with Gasteiger partial charge in [-0.15, -0.1) is 0 Å². The van der Waals surface area contributed by atoms with E-state index in [0.717, 1.165) is 19.4 Å². The fourth-order valence-electron chi connectivity index (χ4n) is 2.16. The third-order valence-electron chi connectivity index (χ3n) is 3.51. The van der Waals surface area contributed by atoms with Crippen LogP contribution in [0.4, 0.5) is 0 Å². The van der Waals surface area contributed by atoms with Gasteiger partial charge < -0.3 is 5.32 Å². The van der Waals surface area contributed by atoms with Crippen molar-refractivity contribution in [1.29, 1.82) is 0 Å². The minimum Gasteiger partial charge on any atom is -0.310 e. The summed E-state index contributed by atoms with van der Waals surface area (Å²) in [6, 6.07) is 8.74. The topological polar surface area (TPSA) is 46.2 Å². The fourth-order valence-corrected chi connectivity index (χ4v) is 3.05. The lowest BCUT2D eigenvalue weighted by Gasteiger charge is -2.19. The molecule has 1 aromatic rings. The number of sulfone groups is 1. The lowest BCUT2D eigenvalue weighted by molar-refractivity contribution is 0.492. The molecule has 0 heterocycles. The van der Waals surface area contributed by atoms with E-state index in [1.807, 2.05) is 0 Å². The van der Waals surface area contributed by atoms with E-state index in [2.05, 4.69) is 43.4 Å². The van der Waals surface area contributed by atoms with Gasteiger partial charge in [-0.3, -0.25) is 0 Å². The van der Waals surface area contributed by atoms with E-state index in [1.165, 1.54) is 11.1 Å². The summed E-state index contributed by atoms with van der Waals surface area (Å²) in [4.78, 5) is 0. The number of hydrogen-bond donors (Lipinski definition) is 1. The molecule has 0 aliphatic carbocycles. The maximum Gasteiger partial charge on any atom is 0.150 e. The Kier molecular flexibility index (Phi) is 7.24. The Bertz CT molecular complexity index is 480. The minimum absolute atomic E-state index is 0.241. The Morgan fingerprint density at radius 2 is 1.80 bits per heavy atom. The highest BCUT2D eigenvalue weighted by Gasteiger charge is 2.13. The molecule has 0 spiro atoms. The molecule has 4 heteroatoms. The second-order valence-electron chi connectivity index (χ2n) is 5.30. The Labute approximate surface area is 123 Å². The molecule has 0 aromatic heterocycles. The van der Waals surface area contributed by atoms with Gasteiger partial charge in [0.1, 0.15) is 9.84 Å². The van der Waals surface area contributed by atoms with Crippen LogP contribution in [0.3, 0.4) is 0 Å². The smallest absolute Gasteiger partial charge is 0.150 e. The van der Waals surface area contributed by atoms with Crippen LogP contribution in [0.15, 0.2) is 24.3 Å². The minimum atomic E-state index is -2.85. The third kappa shape index (κ3) is 6.06. The molecule has 0 fully saturated rings. The maximum atomic E-state index is 11.6. The van der Waals surface area contributed by atoms with E-state index >= 15 is 0 Å². The summed E-state index contributed by atoms with van der Waals surface area (Å²) in [6.45, 7) is 6.88. The summed E-state index contributed by atoms with van der Waals surface area (Å²) in [5, 5.41) is 3.51. The summed E-state index contributed by atoms with van der Waals surface area (Å²) in [5.74, 6) is 0.532. The van der Waals surface area contributed by atoms with Gasteiger partial charge in [0.15, 0.2) is 0 Å². The van der Waals surface area contributed by atoms with E-state index in [0.29, 0.717) is 12.2 Å². The number of benzene rings is 1. The van der Waals surface area contributed by atoms with Crippen molar-refractivity contribution in [3.05, 3.63) is 35.4 Å². The van der Waals surface area contributed by atoms with Gasteiger partial charge in [-0.1, -0.05) is 43.7 Å². The van der Waals surface area contributed by atoms with Gasteiger partial charge in [-0.25, -0.2) is 8.42 Å². The quantitative estimate of drug-likeness (QED) is 0.761.